The zero-order chi connectivity index (χ0) is 16.1. The van der Waals surface area contributed by atoms with E-state index < -0.39 is 0 Å². The number of benzene rings is 2. The number of carbonyl (C=O) groups is 1. The Balaban J connectivity index is 1.65. The molecule has 0 radical (unpaired) electrons. The van der Waals surface area contributed by atoms with E-state index >= 15 is 0 Å². The minimum atomic E-state index is -0.240. The molecule has 0 saturated heterocycles. The molecule has 0 aliphatic rings. The fourth-order valence-electron chi connectivity index (χ4n) is 1.98. The third-order valence-corrected chi connectivity index (χ3v) is 3.75. The summed E-state index contributed by atoms with van der Waals surface area (Å²) in [6.45, 7) is -0.0632. The van der Waals surface area contributed by atoms with E-state index in [1.165, 1.54) is 0 Å². The maximum absolute atomic E-state index is 12.1. The average Bonchev–Trinajstić information content (AvgIpc) is 3.09. The standard InChI is InChI=1S/C16H13IN4O2/c17-12-5-7-13(8-6-12)23-11-16(22)19-14-3-1-2-4-15(14)21-10-9-18-20-21/h1-10H,11H2,(H,19,22). The Morgan fingerprint density at radius 3 is 2.70 bits per heavy atom. The van der Waals surface area contributed by atoms with Gasteiger partial charge in [0.05, 0.1) is 23.8 Å². The smallest absolute Gasteiger partial charge is 0.262 e. The van der Waals surface area contributed by atoms with Crippen LogP contribution in [0.4, 0.5) is 5.69 Å². The van der Waals surface area contributed by atoms with E-state index in [0.717, 1.165) is 9.26 Å². The van der Waals surface area contributed by atoms with Crippen LogP contribution in [0.3, 0.4) is 0 Å². The van der Waals surface area contributed by atoms with Crippen molar-refractivity contribution in [3.63, 3.8) is 0 Å². The van der Waals surface area contributed by atoms with E-state index in [2.05, 4.69) is 38.2 Å². The number of anilines is 1. The van der Waals surface area contributed by atoms with E-state index in [1.54, 1.807) is 23.1 Å². The highest BCUT2D eigenvalue weighted by Crippen LogP contribution is 2.19. The molecule has 1 heterocycles. The van der Waals surface area contributed by atoms with Crippen molar-refractivity contribution in [3.8, 4) is 11.4 Å². The van der Waals surface area contributed by atoms with Crippen LogP contribution < -0.4 is 10.1 Å². The maximum atomic E-state index is 12.1. The molecule has 2 aromatic carbocycles. The van der Waals surface area contributed by atoms with E-state index in [9.17, 15) is 4.79 Å². The number of carbonyl (C=O) groups excluding carboxylic acids is 1. The number of halogens is 1. The van der Waals surface area contributed by atoms with Crippen LogP contribution in [0.15, 0.2) is 60.9 Å². The first-order valence-corrected chi connectivity index (χ1v) is 7.94. The number of amides is 1. The molecule has 1 amide bonds. The highest BCUT2D eigenvalue weighted by atomic mass is 127. The van der Waals surface area contributed by atoms with E-state index in [-0.39, 0.29) is 12.5 Å². The molecule has 0 saturated carbocycles. The van der Waals surface area contributed by atoms with E-state index in [0.29, 0.717) is 11.4 Å². The topological polar surface area (TPSA) is 69.0 Å². The van der Waals surface area contributed by atoms with Crippen LogP contribution in [0.2, 0.25) is 0 Å². The lowest BCUT2D eigenvalue weighted by atomic mass is 10.2. The number of hydrogen-bond donors (Lipinski definition) is 1. The molecule has 3 rings (SSSR count). The normalized spacial score (nSPS) is 10.3. The fraction of sp³-hybridized carbons (Fsp3) is 0.0625. The highest BCUT2D eigenvalue weighted by molar-refractivity contribution is 14.1. The van der Waals surface area contributed by atoms with Crippen LogP contribution in [-0.2, 0) is 4.79 Å². The average molecular weight is 420 g/mol. The molecule has 7 heteroatoms. The molecule has 0 spiro atoms. The van der Waals surface area contributed by atoms with Gasteiger partial charge in [0.2, 0.25) is 0 Å². The number of hydrogen-bond acceptors (Lipinski definition) is 4. The molecule has 0 aliphatic carbocycles. The summed E-state index contributed by atoms with van der Waals surface area (Å²) in [6, 6.07) is 14.9. The Bertz CT molecular complexity index is 788. The second-order valence-electron chi connectivity index (χ2n) is 4.66. The Labute approximate surface area is 146 Å². The largest absolute Gasteiger partial charge is 0.484 e. The molecule has 0 fully saturated rings. The summed E-state index contributed by atoms with van der Waals surface area (Å²) in [7, 11) is 0. The van der Waals surface area contributed by atoms with Crippen molar-refractivity contribution in [2.75, 3.05) is 11.9 Å². The summed E-state index contributed by atoms with van der Waals surface area (Å²) in [5.41, 5.74) is 1.39. The minimum Gasteiger partial charge on any atom is -0.484 e. The number of nitrogens with one attached hydrogen (secondary N) is 1. The van der Waals surface area contributed by atoms with Crippen molar-refractivity contribution in [3.05, 3.63) is 64.5 Å². The van der Waals surface area contributed by atoms with Crippen molar-refractivity contribution >= 4 is 34.2 Å². The van der Waals surface area contributed by atoms with Gasteiger partial charge in [0.25, 0.3) is 5.91 Å². The molecule has 116 valence electrons. The fourth-order valence-corrected chi connectivity index (χ4v) is 2.34. The Morgan fingerprint density at radius 2 is 1.96 bits per heavy atom. The van der Waals surface area contributed by atoms with E-state index in [1.807, 2.05) is 42.5 Å². The van der Waals surface area contributed by atoms with Crippen LogP contribution in [0, 0.1) is 3.57 Å². The number of para-hydroxylation sites is 2. The molecule has 1 N–H and O–H groups in total. The lowest BCUT2D eigenvalue weighted by molar-refractivity contribution is -0.118. The molecule has 0 bridgehead atoms. The van der Waals surface area contributed by atoms with Crippen LogP contribution in [0.25, 0.3) is 5.69 Å². The summed E-state index contributed by atoms with van der Waals surface area (Å²) in [5.74, 6) is 0.418. The SMILES string of the molecule is O=C(COc1ccc(I)cc1)Nc1ccccc1-n1ccnn1. The van der Waals surface area contributed by atoms with Crippen molar-refractivity contribution < 1.29 is 9.53 Å². The first kappa shape index (κ1) is 15.5. The molecule has 0 unspecified atom stereocenters. The summed E-state index contributed by atoms with van der Waals surface area (Å²) in [4.78, 5) is 12.1. The van der Waals surface area contributed by atoms with Gasteiger partial charge in [-0.25, -0.2) is 4.68 Å². The van der Waals surface area contributed by atoms with Crippen molar-refractivity contribution in [1.29, 1.82) is 0 Å². The Kier molecular flexibility index (Phi) is 4.86. The summed E-state index contributed by atoms with van der Waals surface area (Å²) < 4.78 is 8.18. The molecular weight excluding hydrogens is 407 g/mol. The second kappa shape index (κ2) is 7.23. The lowest BCUT2D eigenvalue weighted by Crippen LogP contribution is -2.21. The van der Waals surface area contributed by atoms with Crippen molar-refractivity contribution in [1.82, 2.24) is 15.0 Å². The zero-order valence-corrected chi connectivity index (χ0v) is 14.2. The first-order chi connectivity index (χ1) is 11.2. The van der Waals surface area contributed by atoms with Crippen molar-refractivity contribution in [2.24, 2.45) is 0 Å². The van der Waals surface area contributed by atoms with Gasteiger partial charge >= 0.3 is 0 Å². The monoisotopic (exact) mass is 420 g/mol. The van der Waals surface area contributed by atoms with Crippen LogP contribution >= 0.6 is 22.6 Å². The molecule has 0 aliphatic heterocycles. The number of rotatable bonds is 5. The third-order valence-electron chi connectivity index (χ3n) is 3.03. The van der Waals surface area contributed by atoms with Gasteiger partial charge in [0, 0.05) is 3.57 Å². The first-order valence-electron chi connectivity index (χ1n) is 6.86. The van der Waals surface area contributed by atoms with Gasteiger partial charge in [-0.3, -0.25) is 4.79 Å². The van der Waals surface area contributed by atoms with E-state index in [4.69, 9.17) is 4.74 Å². The van der Waals surface area contributed by atoms with Gasteiger partial charge in [-0.15, -0.1) is 5.10 Å². The molecule has 6 nitrogen and oxygen atoms in total. The summed E-state index contributed by atoms with van der Waals surface area (Å²) >= 11 is 2.21. The van der Waals surface area contributed by atoms with Crippen LogP contribution in [0.1, 0.15) is 0 Å². The van der Waals surface area contributed by atoms with Gasteiger partial charge in [-0.1, -0.05) is 17.3 Å². The predicted molar refractivity (Wildman–Crippen MR) is 94.6 cm³/mol. The molecule has 0 atom stereocenters. The molecule has 3 aromatic rings. The number of aromatic nitrogens is 3. The van der Waals surface area contributed by atoms with Gasteiger partial charge in [-0.05, 0) is 59.0 Å². The minimum absolute atomic E-state index is 0.0632. The Hall–Kier alpha value is -2.42. The maximum Gasteiger partial charge on any atom is 0.262 e. The van der Waals surface area contributed by atoms with Gasteiger partial charge in [0.1, 0.15) is 5.75 Å². The molecular formula is C16H13IN4O2. The quantitative estimate of drug-likeness (QED) is 0.645. The predicted octanol–water partition coefficient (Wildman–Crippen LogP) is 2.89. The third kappa shape index (κ3) is 4.07. The lowest BCUT2D eigenvalue weighted by Gasteiger charge is -2.11. The van der Waals surface area contributed by atoms with Crippen LogP contribution in [-0.4, -0.2) is 27.5 Å². The summed E-state index contributed by atoms with van der Waals surface area (Å²) in [5, 5.41) is 10.5. The second-order valence-corrected chi connectivity index (χ2v) is 5.90. The highest BCUT2D eigenvalue weighted by Gasteiger charge is 2.09. The summed E-state index contributed by atoms with van der Waals surface area (Å²) in [6.07, 6.45) is 3.30. The zero-order valence-electron chi connectivity index (χ0n) is 12.0. The van der Waals surface area contributed by atoms with Crippen molar-refractivity contribution in [2.45, 2.75) is 0 Å². The van der Waals surface area contributed by atoms with Crippen LogP contribution in [0.5, 0.6) is 5.75 Å². The molecule has 23 heavy (non-hydrogen) atoms. The van der Waals surface area contributed by atoms with Gasteiger partial charge in [-0.2, -0.15) is 0 Å². The molecule has 1 aromatic heterocycles. The van der Waals surface area contributed by atoms with Gasteiger partial charge < -0.3 is 10.1 Å². The van der Waals surface area contributed by atoms with Gasteiger partial charge in [0.15, 0.2) is 6.61 Å². The number of nitrogens with zero attached hydrogens (tertiary/aromatic N) is 3. The number of ether oxygens (including phenoxy) is 1. The Morgan fingerprint density at radius 1 is 1.17 bits per heavy atom.